The molecule has 5 rings (SSSR count). The number of amides is 1. The fourth-order valence-electron chi connectivity index (χ4n) is 3.53. The number of aromatic amines is 1. The van der Waals surface area contributed by atoms with Crippen LogP contribution in [0.4, 0.5) is 0 Å². The van der Waals surface area contributed by atoms with Gasteiger partial charge in [-0.1, -0.05) is 23.9 Å². The van der Waals surface area contributed by atoms with Crippen LogP contribution in [0.15, 0.2) is 63.1 Å². The Kier molecular flexibility index (Phi) is 5.02. The lowest BCUT2D eigenvalue weighted by Crippen LogP contribution is -2.30. The van der Waals surface area contributed by atoms with E-state index in [2.05, 4.69) is 25.4 Å². The average molecular weight is 449 g/mol. The van der Waals surface area contributed by atoms with Crippen LogP contribution in [-0.4, -0.2) is 40.8 Å². The quantitative estimate of drug-likeness (QED) is 0.382. The van der Waals surface area contributed by atoms with Gasteiger partial charge in [-0.15, -0.1) is 0 Å². The predicted octanol–water partition coefficient (Wildman–Crippen LogP) is 2.53. The molecule has 0 spiro atoms. The van der Waals surface area contributed by atoms with Crippen LogP contribution < -0.4 is 10.9 Å². The molecule has 0 radical (unpaired) electrons. The highest BCUT2D eigenvalue weighted by molar-refractivity contribution is 7.99. The van der Waals surface area contributed by atoms with E-state index < -0.39 is 0 Å². The Labute approximate surface area is 185 Å². The van der Waals surface area contributed by atoms with Gasteiger partial charge in [0, 0.05) is 13.1 Å². The molecule has 0 aliphatic heterocycles. The van der Waals surface area contributed by atoms with Gasteiger partial charge in [0.2, 0.25) is 5.91 Å². The van der Waals surface area contributed by atoms with E-state index in [1.807, 2.05) is 42.8 Å². The Balaban J connectivity index is 1.34. The first-order valence-corrected chi connectivity index (χ1v) is 10.9. The van der Waals surface area contributed by atoms with Crippen molar-refractivity contribution in [2.75, 3.05) is 5.75 Å². The molecule has 1 amide bonds. The summed E-state index contributed by atoms with van der Waals surface area (Å²) in [5, 5.41) is 6.05. The Morgan fingerprint density at radius 2 is 2.06 bits per heavy atom. The number of rotatable bonds is 6. The Morgan fingerprint density at radius 1 is 1.22 bits per heavy atom. The second-order valence-corrected chi connectivity index (χ2v) is 8.16. The van der Waals surface area contributed by atoms with Crippen LogP contribution in [0.5, 0.6) is 0 Å². The summed E-state index contributed by atoms with van der Waals surface area (Å²) >= 11 is 1.19. The molecule has 0 saturated carbocycles. The molecule has 32 heavy (non-hydrogen) atoms. The summed E-state index contributed by atoms with van der Waals surface area (Å²) in [7, 11) is 1.93. The third-order valence-corrected chi connectivity index (χ3v) is 5.92. The molecular weight excluding hydrogens is 430 g/mol. The van der Waals surface area contributed by atoms with Crippen molar-refractivity contribution in [3.8, 4) is 11.6 Å². The normalized spacial score (nSPS) is 12.4. The van der Waals surface area contributed by atoms with Gasteiger partial charge in [-0.05, 0) is 31.2 Å². The van der Waals surface area contributed by atoms with Crippen molar-refractivity contribution in [2.24, 2.45) is 7.05 Å². The zero-order valence-corrected chi connectivity index (χ0v) is 18.1. The SMILES string of the molecule is C[C@@H](NC(=O)CSc1nc(-c2ccco2)nc2cc(=O)[nH]n12)c1nc2ccccc2n1C. The maximum absolute atomic E-state index is 12.7. The van der Waals surface area contributed by atoms with Crippen molar-refractivity contribution in [2.45, 2.75) is 18.1 Å². The standard InChI is InChI=1S/C21H19N7O3S/c1-12(20-23-13-6-3-4-7-14(13)27(20)2)22-18(30)11-32-21-25-19(15-8-5-9-31-15)24-16-10-17(29)26-28(16)21/h3-10,12H,11H2,1-2H3,(H,22,30)(H,26,29)/t12-/m1/s1. The monoisotopic (exact) mass is 449 g/mol. The molecular formula is C21H19N7O3S. The van der Waals surface area contributed by atoms with E-state index in [-0.39, 0.29) is 23.3 Å². The zero-order valence-electron chi connectivity index (χ0n) is 17.3. The third-order valence-electron chi connectivity index (χ3n) is 4.99. The van der Waals surface area contributed by atoms with E-state index in [0.717, 1.165) is 16.9 Å². The zero-order chi connectivity index (χ0) is 22.2. The number of hydrogen-bond donors (Lipinski definition) is 2. The van der Waals surface area contributed by atoms with Crippen LogP contribution in [0.3, 0.4) is 0 Å². The minimum Gasteiger partial charge on any atom is -0.461 e. The number of benzene rings is 1. The smallest absolute Gasteiger partial charge is 0.266 e. The molecule has 162 valence electrons. The van der Waals surface area contributed by atoms with Gasteiger partial charge in [0.25, 0.3) is 5.56 Å². The highest BCUT2D eigenvalue weighted by atomic mass is 32.2. The Morgan fingerprint density at radius 3 is 2.84 bits per heavy atom. The number of H-pyrrole nitrogens is 1. The van der Waals surface area contributed by atoms with Gasteiger partial charge in [-0.2, -0.15) is 4.98 Å². The van der Waals surface area contributed by atoms with Crippen LogP contribution in [0.1, 0.15) is 18.8 Å². The minimum absolute atomic E-state index is 0.0954. The number of furan rings is 1. The van der Waals surface area contributed by atoms with Gasteiger partial charge >= 0.3 is 0 Å². The molecule has 5 aromatic rings. The van der Waals surface area contributed by atoms with Crippen molar-refractivity contribution in [1.82, 2.24) is 34.4 Å². The lowest BCUT2D eigenvalue weighted by Gasteiger charge is -2.14. The van der Waals surface area contributed by atoms with Crippen molar-refractivity contribution in [1.29, 1.82) is 0 Å². The van der Waals surface area contributed by atoms with Gasteiger partial charge in [0.05, 0.1) is 29.1 Å². The topological polar surface area (TPSA) is 123 Å². The molecule has 10 nitrogen and oxygen atoms in total. The van der Waals surface area contributed by atoms with Crippen molar-refractivity contribution >= 4 is 34.3 Å². The number of hydrogen-bond acceptors (Lipinski definition) is 7. The van der Waals surface area contributed by atoms with Gasteiger partial charge in [0.1, 0.15) is 5.82 Å². The molecule has 0 unspecified atom stereocenters. The van der Waals surface area contributed by atoms with E-state index in [1.165, 1.54) is 28.6 Å². The van der Waals surface area contributed by atoms with E-state index >= 15 is 0 Å². The summed E-state index contributed by atoms with van der Waals surface area (Å²) in [4.78, 5) is 37.9. The van der Waals surface area contributed by atoms with Gasteiger partial charge in [0.15, 0.2) is 22.4 Å². The van der Waals surface area contributed by atoms with Crippen LogP contribution in [0, 0.1) is 0 Å². The molecule has 4 heterocycles. The summed E-state index contributed by atoms with van der Waals surface area (Å²) in [6, 6.07) is 12.4. The fourth-order valence-corrected chi connectivity index (χ4v) is 4.29. The average Bonchev–Trinajstić information content (AvgIpc) is 3.50. The van der Waals surface area contributed by atoms with E-state index in [1.54, 1.807) is 12.1 Å². The van der Waals surface area contributed by atoms with Crippen molar-refractivity contribution < 1.29 is 9.21 Å². The number of thioether (sulfide) groups is 1. The molecule has 1 aromatic carbocycles. The summed E-state index contributed by atoms with van der Waals surface area (Å²) < 4.78 is 8.81. The van der Waals surface area contributed by atoms with E-state index in [0.29, 0.717) is 22.4 Å². The maximum atomic E-state index is 12.7. The molecule has 0 aliphatic rings. The Hall–Kier alpha value is -3.86. The number of fused-ring (bicyclic) bond motifs is 2. The molecule has 4 aromatic heterocycles. The number of nitrogens with one attached hydrogen (secondary N) is 2. The molecule has 1 atom stereocenters. The Bertz CT molecular complexity index is 1480. The second-order valence-electron chi connectivity index (χ2n) is 7.22. The first kappa shape index (κ1) is 20.1. The van der Waals surface area contributed by atoms with Crippen molar-refractivity contribution in [3.63, 3.8) is 0 Å². The summed E-state index contributed by atoms with van der Waals surface area (Å²) in [5.41, 5.74) is 1.97. The molecule has 11 heteroatoms. The van der Waals surface area contributed by atoms with Crippen LogP contribution >= 0.6 is 11.8 Å². The second kappa shape index (κ2) is 8.00. The molecule has 0 fully saturated rings. The highest BCUT2D eigenvalue weighted by Gasteiger charge is 2.18. The third kappa shape index (κ3) is 3.66. The molecule has 2 N–H and O–H groups in total. The van der Waals surface area contributed by atoms with E-state index in [4.69, 9.17) is 4.42 Å². The molecule has 0 bridgehead atoms. The lowest BCUT2D eigenvalue weighted by atomic mass is 10.3. The number of aryl methyl sites for hydroxylation is 1. The summed E-state index contributed by atoms with van der Waals surface area (Å²) in [5.74, 6) is 1.49. The predicted molar refractivity (Wildman–Crippen MR) is 119 cm³/mol. The van der Waals surface area contributed by atoms with Crippen LogP contribution in [-0.2, 0) is 11.8 Å². The maximum Gasteiger partial charge on any atom is 0.266 e. The minimum atomic E-state index is -0.308. The summed E-state index contributed by atoms with van der Waals surface area (Å²) in [6.07, 6.45) is 1.52. The number of aromatic nitrogens is 6. The number of carbonyl (C=O) groups excluding carboxylic acids is 1. The van der Waals surface area contributed by atoms with Gasteiger partial charge in [-0.3, -0.25) is 14.7 Å². The fraction of sp³-hybridized carbons (Fsp3) is 0.190. The molecule has 0 saturated heterocycles. The van der Waals surface area contributed by atoms with E-state index in [9.17, 15) is 9.59 Å². The van der Waals surface area contributed by atoms with Crippen molar-refractivity contribution in [3.05, 3.63) is 64.9 Å². The number of nitrogens with zero attached hydrogens (tertiary/aromatic N) is 5. The molecule has 0 aliphatic carbocycles. The summed E-state index contributed by atoms with van der Waals surface area (Å²) in [6.45, 7) is 1.89. The van der Waals surface area contributed by atoms with Crippen LogP contribution in [0.2, 0.25) is 0 Å². The first-order chi connectivity index (χ1) is 15.5. The van der Waals surface area contributed by atoms with Gasteiger partial charge in [-0.25, -0.2) is 14.5 Å². The largest absolute Gasteiger partial charge is 0.461 e. The first-order valence-electron chi connectivity index (χ1n) is 9.87. The number of para-hydroxylation sites is 2. The number of carbonyl (C=O) groups is 1. The lowest BCUT2D eigenvalue weighted by molar-refractivity contribution is -0.119. The van der Waals surface area contributed by atoms with Crippen LogP contribution in [0.25, 0.3) is 28.3 Å². The van der Waals surface area contributed by atoms with Gasteiger partial charge < -0.3 is 14.3 Å². The highest BCUT2D eigenvalue weighted by Crippen LogP contribution is 2.23. The number of imidazole rings is 1.